The van der Waals surface area contributed by atoms with Crippen LogP contribution in [0.25, 0.3) is 11.4 Å². The van der Waals surface area contributed by atoms with E-state index in [9.17, 15) is 9.18 Å². The van der Waals surface area contributed by atoms with Gasteiger partial charge in [0.1, 0.15) is 5.82 Å². The fourth-order valence-electron chi connectivity index (χ4n) is 1.11. The second kappa shape index (κ2) is 3.67. The lowest BCUT2D eigenvalue weighted by atomic mass is 10.2. The molecule has 1 aromatic heterocycles. The van der Waals surface area contributed by atoms with Crippen molar-refractivity contribution in [1.82, 2.24) is 10.1 Å². The van der Waals surface area contributed by atoms with E-state index in [2.05, 4.69) is 14.7 Å². The molecule has 4 nitrogen and oxygen atoms in total. The van der Waals surface area contributed by atoms with Crippen molar-refractivity contribution in [3.05, 3.63) is 38.5 Å². The summed E-state index contributed by atoms with van der Waals surface area (Å²) in [6.45, 7) is 0. The number of aromatic nitrogens is 2. The minimum absolute atomic E-state index is 0.0459. The quantitative estimate of drug-likeness (QED) is 0.844. The molecule has 0 aliphatic rings. The van der Waals surface area contributed by atoms with Gasteiger partial charge in [0.05, 0.1) is 10.6 Å². The van der Waals surface area contributed by atoms with Gasteiger partial charge >= 0.3 is 5.76 Å². The SMILES string of the molecule is O=c1[nH]c(-c2c(F)cc(Cl)cc2Cl)no1. The molecule has 1 N–H and O–H groups in total. The van der Waals surface area contributed by atoms with Gasteiger partial charge in [-0.1, -0.05) is 28.4 Å². The second-order valence-corrected chi connectivity index (χ2v) is 3.53. The average Bonchev–Trinajstić information content (AvgIpc) is 2.49. The summed E-state index contributed by atoms with van der Waals surface area (Å²) in [4.78, 5) is 12.9. The summed E-state index contributed by atoms with van der Waals surface area (Å²) in [7, 11) is 0. The Morgan fingerprint density at radius 2 is 2.13 bits per heavy atom. The molecule has 78 valence electrons. The number of nitrogens with one attached hydrogen (secondary N) is 1. The molecular formula is C8H3Cl2FN2O2. The summed E-state index contributed by atoms with van der Waals surface area (Å²) in [6.07, 6.45) is 0. The molecule has 0 fully saturated rings. The van der Waals surface area contributed by atoms with Gasteiger partial charge in [-0.15, -0.1) is 0 Å². The maximum Gasteiger partial charge on any atom is 0.439 e. The second-order valence-electron chi connectivity index (χ2n) is 2.69. The highest BCUT2D eigenvalue weighted by atomic mass is 35.5. The molecule has 0 saturated carbocycles. The topological polar surface area (TPSA) is 58.9 Å². The van der Waals surface area contributed by atoms with Crippen LogP contribution in [0.5, 0.6) is 0 Å². The van der Waals surface area contributed by atoms with E-state index in [0.29, 0.717) is 0 Å². The summed E-state index contributed by atoms with van der Waals surface area (Å²) in [5.74, 6) is -1.54. The Bertz CT molecular complexity index is 541. The zero-order chi connectivity index (χ0) is 11.0. The third-order valence-electron chi connectivity index (χ3n) is 1.68. The molecule has 0 aliphatic carbocycles. The zero-order valence-corrected chi connectivity index (χ0v) is 8.56. The number of nitrogens with zero attached hydrogens (tertiary/aromatic N) is 1. The molecule has 7 heteroatoms. The number of hydrogen-bond donors (Lipinski definition) is 1. The first-order valence-corrected chi connectivity index (χ1v) is 4.54. The van der Waals surface area contributed by atoms with E-state index >= 15 is 0 Å². The van der Waals surface area contributed by atoms with Gasteiger partial charge in [0.2, 0.25) is 0 Å². The van der Waals surface area contributed by atoms with Crippen LogP contribution in [-0.2, 0) is 0 Å². The van der Waals surface area contributed by atoms with Crippen molar-refractivity contribution in [1.29, 1.82) is 0 Å². The fourth-order valence-corrected chi connectivity index (χ4v) is 1.66. The van der Waals surface area contributed by atoms with E-state index in [1.807, 2.05) is 0 Å². The number of rotatable bonds is 1. The molecule has 0 bridgehead atoms. The van der Waals surface area contributed by atoms with Crippen LogP contribution in [0, 0.1) is 5.82 Å². The van der Waals surface area contributed by atoms with Crippen LogP contribution in [0.4, 0.5) is 4.39 Å². The molecule has 0 atom stereocenters. The van der Waals surface area contributed by atoms with Crippen LogP contribution in [-0.4, -0.2) is 10.1 Å². The van der Waals surface area contributed by atoms with Crippen LogP contribution in [0.3, 0.4) is 0 Å². The number of H-pyrrole nitrogens is 1. The van der Waals surface area contributed by atoms with Crippen LogP contribution in [0.15, 0.2) is 21.5 Å². The summed E-state index contributed by atoms with van der Waals surface area (Å²) in [5.41, 5.74) is -0.0492. The number of benzene rings is 1. The van der Waals surface area contributed by atoms with Gasteiger partial charge in [0, 0.05) is 5.02 Å². The van der Waals surface area contributed by atoms with Crippen LogP contribution >= 0.6 is 23.2 Å². The predicted octanol–water partition coefficient (Wildman–Crippen LogP) is 2.48. The van der Waals surface area contributed by atoms with E-state index in [-0.39, 0.29) is 21.4 Å². The van der Waals surface area contributed by atoms with Gasteiger partial charge in [-0.05, 0) is 12.1 Å². The van der Waals surface area contributed by atoms with Crippen molar-refractivity contribution in [2.24, 2.45) is 0 Å². The van der Waals surface area contributed by atoms with Crippen molar-refractivity contribution < 1.29 is 8.91 Å². The third-order valence-corrected chi connectivity index (χ3v) is 2.20. The van der Waals surface area contributed by atoms with Crippen LogP contribution in [0.2, 0.25) is 10.0 Å². The molecule has 0 radical (unpaired) electrons. The van der Waals surface area contributed by atoms with Gasteiger partial charge in [-0.3, -0.25) is 9.51 Å². The highest BCUT2D eigenvalue weighted by molar-refractivity contribution is 6.36. The monoisotopic (exact) mass is 248 g/mol. The van der Waals surface area contributed by atoms with Crippen molar-refractivity contribution in [2.75, 3.05) is 0 Å². The summed E-state index contributed by atoms with van der Waals surface area (Å²) in [5, 5.41) is 3.53. The zero-order valence-electron chi connectivity index (χ0n) is 7.05. The van der Waals surface area contributed by atoms with E-state index in [1.165, 1.54) is 6.07 Å². The highest BCUT2D eigenvalue weighted by Crippen LogP contribution is 2.30. The Hall–Kier alpha value is -1.33. The largest absolute Gasteiger partial charge is 0.439 e. The lowest BCUT2D eigenvalue weighted by Crippen LogP contribution is -1.96. The minimum Gasteiger partial charge on any atom is -0.296 e. The van der Waals surface area contributed by atoms with E-state index in [4.69, 9.17) is 23.2 Å². The average molecular weight is 249 g/mol. The summed E-state index contributed by atoms with van der Waals surface area (Å²) >= 11 is 11.3. The lowest BCUT2D eigenvalue weighted by molar-refractivity contribution is 0.387. The molecule has 1 aromatic carbocycles. The van der Waals surface area contributed by atoms with Crippen LogP contribution < -0.4 is 5.76 Å². The summed E-state index contributed by atoms with van der Waals surface area (Å²) in [6, 6.07) is 2.41. The van der Waals surface area contributed by atoms with Crippen molar-refractivity contribution in [3.8, 4) is 11.4 Å². The molecule has 2 aromatic rings. The van der Waals surface area contributed by atoms with Crippen molar-refractivity contribution in [2.45, 2.75) is 0 Å². The fraction of sp³-hybridized carbons (Fsp3) is 0. The Kier molecular flexibility index (Phi) is 2.50. The first-order valence-electron chi connectivity index (χ1n) is 3.79. The Morgan fingerprint density at radius 1 is 1.40 bits per heavy atom. The number of halogens is 3. The smallest absolute Gasteiger partial charge is 0.296 e. The van der Waals surface area contributed by atoms with Crippen LogP contribution in [0.1, 0.15) is 0 Å². The molecule has 15 heavy (non-hydrogen) atoms. The van der Waals surface area contributed by atoms with Crippen molar-refractivity contribution in [3.63, 3.8) is 0 Å². The van der Waals surface area contributed by atoms with Gasteiger partial charge in [0.25, 0.3) is 0 Å². The maximum atomic E-state index is 13.4. The summed E-state index contributed by atoms with van der Waals surface area (Å²) < 4.78 is 17.7. The Morgan fingerprint density at radius 3 is 2.67 bits per heavy atom. The molecule has 0 aliphatic heterocycles. The molecule has 0 saturated heterocycles. The van der Waals surface area contributed by atoms with E-state index < -0.39 is 11.6 Å². The molecular weight excluding hydrogens is 246 g/mol. The minimum atomic E-state index is -0.782. The van der Waals surface area contributed by atoms with Gasteiger partial charge in [-0.2, -0.15) is 0 Å². The Balaban J connectivity index is 2.67. The highest BCUT2D eigenvalue weighted by Gasteiger charge is 2.15. The first kappa shape index (κ1) is 10.2. The normalized spacial score (nSPS) is 10.6. The first-order chi connectivity index (χ1) is 7.08. The molecule has 0 unspecified atom stereocenters. The van der Waals surface area contributed by atoms with E-state index in [0.717, 1.165) is 6.07 Å². The van der Waals surface area contributed by atoms with Gasteiger partial charge < -0.3 is 0 Å². The lowest BCUT2D eigenvalue weighted by Gasteiger charge is -2.01. The van der Waals surface area contributed by atoms with Gasteiger partial charge in [0.15, 0.2) is 5.82 Å². The number of hydrogen-bond acceptors (Lipinski definition) is 3. The predicted molar refractivity (Wildman–Crippen MR) is 52.5 cm³/mol. The molecule has 1 heterocycles. The van der Waals surface area contributed by atoms with E-state index in [1.54, 1.807) is 0 Å². The maximum absolute atomic E-state index is 13.4. The Labute approximate surface area is 92.6 Å². The third kappa shape index (κ3) is 1.88. The molecule has 2 rings (SSSR count). The molecule has 0 spiro atoms. The van der Waals surface area contributed by atoms with Gasteiger partial charge in [-0.25, -0.2) is 9.18 Å². The number of aromatic amines is 1. The molecule has 0 amide bonds. The van der Waals surface area contributed by atoms with Crippen molar-refractivity contribution >= 4 is 23.2 Å². The standard InChI is InChI=1S/C8H3Cl2FN2O2/c9-3-1-4(10)6(5(11)2-3)7-12-8(14)15-13-7/h1-2H,(H,12,13,14).